The lowest BCUT2D eigenvalue weighted by atomic mass is 10.2. The van der Waals surface area contributed by atoms with E-state index in [9.17, 15) is 13.6 Å². The van der Waals surface area contributed by atoms with Crippen molar-refractivity contribution in [2.24, 2.45) is 7.05 Å². The molecule has 2 N–H and O–H groups in total. The van der Waals surface area contributed by atoms with Crippen LogP contribution in [-0.2, 0) is 7.05 Å². The van der Waals surface area contributed by atoms with E-state index in [0.717, 1.165) is 12.1 Å². The van der Waals surface area contributed by atoms with Crippen molar-refractivity contribution < 1.29 is 18.8 Å². The third kappa shape index (κ3) is 3.32. The molecule has 1 aromatic carbocycles. The third-order valence-electron chi connectivity index (χ3n) is 3.19. The number of benzene rings is 1. The van der Waals surface area contributed by atoms with Crippen molar-refractivity contribution >= 4 is 17.7 Å². The van der Waals surface area contributed by atoms with Gasteiger partial charge in [-0.25, -0.2) is 14.3 Å². The predicted octanol–water partition coefficient (Wildman–Crippen LogP) is 1.82. The molecule has 1 amide bonds. The van der Waals surface area contributed by atoms with Gasteiger partial charge >= 0.3 is 0 Å². The molecule has 25 heavy (non-hydrogen) atoms. The van der Waals surface area contributed by atoms with Crippen molar-refractivity contribution in [2.75, 3.05) is 0 Å². The highest BCUT2D eigenvalue weighted by molar-refractivity contribution is 7.99. The molecule has 0 radical (unpaired) electrons. The molecule has 0 atom stereocenters. The summed E-state index contributed by atoms with van der Waals surface area (Å²) in [6.45, 7) is 0. The average molecular weight is 364 g/mol. The van der Waals surface area contributed by atoms with E-state index in [2.05, 4.69) is 20.4 Å². The summed E-state index contributed by atoms with van der Waals surface area (Å²) in [6, 6.07) is 4.98. The molecule has 0 aliphatic heterocycles. The Hall–Kier alpha value is -2.92. The minimum Gasteiger partial charge on any atom is -0.304 e. The van der Waals surface area contributed by atoms with Gasteiger partial charge in [-0.2, -0.15) is 5.10 Å². The predicted molar refractivity (Wildman–Crippen MR) is 81.8 cm³/mol. The van der Waals surface area contributed by atoms with Gasteiger partial charge in [0.25, 0.3) is 5.91 Å². The van der Waals surface area contributed by atoms with Crippen LogP contribution < -0.4 is 5.48 Å². The summed E-state index contributed by atoms with van der Waals surface area (Å²) < 4.78 is 29.8. The largest absolute Gasteiger partial charge is 0.304 e. The molecule has 0 saturated heterocycles. The molecular formula is C14H10F2N6O2S. The summed E-state index contributed by atoms with van der Waals surface area (Å²) in [7, 11) is 1.62. The highest BCUT2D eigenvalue weighted by Crippen LogP contribution is 2.32. The molecule has 11 heteroatoms. The summed E-state index contributed by atoms with van der Waals surface area (Å²) in [6.07, 6.45) is 1.50. The second-order valence-electron chi connectivity index (χ2n) is 4.79. The van der Waals surface area contributed by atoms with Gasteiger partial charge in [0.1, 0.15) is 17.3 Å². The fourth-order valence-corrected chi connectivity index (χ4v) is 2.79. The second kappa shape index (κ2) is 6.91. The second-order valence-corrected chi connectivity index (χ2v) is 5.76. The van der Waals surface area contributed by atoms with Gasteiger partial charge in [-0.1, -0.05) is 0 Å². The minimum atomic E-state index is -1.02. The minimum absolute atomic E-state index is 0.220. The van der Waals surface area contributed by atoms with E-state index in [1.165, 1.54) is 16.2 Å². The first kappa shape index (κ1) is 16.9. The fourth-order valence-electron chi connectivity index (χ4n) is 1.99. The summed E-state index contributed by atoms with van der Waals surface area (Å²) in [5.74, 6) is -2.56. The van der Waals surface area contributed by atoms with Crippen molar-refractivity contribution in [3.05, 3.63) is 47.7 Å². The van der Waals surface area contributed by atoms with Crippen LogP contribution in [0.2, 0.25) is 0 Å². The monoisotopic (exact) mass is 364 g/mol. The van der Waals surface area contributed by atoms with Gasteiger partial charge in [0.2, 0.25) is 0 Å². The number of amides is 1. The summed E-state index contributed by atoms with van der Waals surface area (Å²) >= 11 is 0.708. The quantitative estimate of drug-likeness (QED) is 0.537. The molecule has 8 nitrogen and oxygen atoms in total. The fraction of sp³-hybridized carbons (Fsp3) is 0.0714. The van der Waals surface area contributed by atoms with Crippen molar-refractivity contribution in [3.8, 4) is 11.5 Å². The number of halogens is 2. The van der Waals surface area contributed by atoms with Crippen molar-refractivity contribution in [2.45, 2.75) is 10.1 Å². The Morgan fingerprint density at radius 1 is 1.24 bits per heavy atom. The Balaban J connectivity index is 1.94. The van der Waals surface area contributed by atoms with Crippen LogP contribution in [-0.4, -0.2) is 36.1 Å². The number of nitrogens with one attached hydrogen (secondary N) is 1. The van der Waals surface area contributed by atoms with Crippen LogP contribution in [0.5, 0.6) is 0 Å². The van der Waals surface area contributed by atoms with Crippen molar-refractivity contribution in [1.82, 2.24) is 30.4 Å². The Kier molecular flexibility index (Phi) is 4.67. The first-order valence-electron chi connectivity index (χ1n) is 6.80. The normalized spacial score (nSPS) is 10.7. The van der Waals surface area contributed by atoms with E-state index in [1.807, 2.05) is 0 Å². The van der Waals surface area contributed by atoms with Crippen LogP contribution in [0.4, 0.5) is 8.78 Å². The molecule has 2 heterocycles. The Morgan fingerprint density at radius 2 is 1.96 bits per heavy atom. The SMILES string of the molecule is Cn1c(Sc2c(F)cc(C(=O)NO)cc2F)nnc1-c1cccnn1. The first-order valence-corrected chi connectivity index (χ1v) is 7.61. The lowest BCUT2D eigenvalue weighted by Crippen LogP contribution is -2.19. The van der Waals surface area contributed by atoms with Crippen molar-refractivity contribution in [1.29, 1.82) is 0 Å². The zero-order chi connectivity index (χ0) is 18.0. The van der Waals surface area contributed by atoms with Crippen LogP contribution in [0.15, 0.2) is 40.5 Å². The number of nitrogens with zero attached hydrogens (tertiary/aromatic N) is 5. The molecule has 2 aromatic heterocycles. The Labute approximate surface area is 143 Å². The standard InChI is InChI=1S/C14H10F2N6O2S/c1-22-12(10-3-2-4-17-18-10)19-20-14(22)25-11-8(15)5-7(6-9(11)16)13(23)21-24/h2-6,24H,1H3,(H,21,23). The van der Waals surface area contributed by atoms with Gasteiger partial charge in [0.15, 0.2) is 11.0 Å². The number of carbonyl (C=O) groups excluding carboxylic acids is 1. The Morgan fingerprint density at radius 3 is 2.56 bits per heavy atom. The number of hydrogen-bond donors (Lipinski definition) is 2. The molecule has 128 valence electrons. The topological polar surface area (TPSA) is 106 Å². The molecule has 0 unspecified atom stereocenters. The Bertz CT molecular complexity index is 911. The number of hydrogen-bond acceptors (Lipinski definition) is 7. The van der Waals surface area contributed by atoms with Crippen molar-refractivity contribution in [3.63, 3.8) is 0 Å². The van der Waals surface area contributed by atoms with Gasteiger partial charge < -0.3 is 4.57 Å². The number of rotatable bonds is 4. The molecule has 0 saturated carbocycles. The maximum Gasteiger partial charge on any atom is 0.274 e. The van der Waals surface area contributed by atoms with Crippen LogP contribution in [0.25, 0.3) is 11.5 Å². The zero-order valence-electron chi connectivity index (χ0n) is 12.6. The summed E-state index contributed by atoms with van der Waals surface area (Å²) in [5, 5.41) is 24.3. The first-order chi connectivity index (χ1) is 12.0. The lowest BCUT2D eigenvalue weighted by Gasteiger charge is -2.07. The molecule has 3 rings (SSSR count). The molecule has 0 bridgehead atoms. The smallest absolute Gasteiger partial charge is 0.274 e. The van der Waals surface area contributed by atoms with E-state index >= 15 is 0 Å². The molecule has 0 spiro atoms. The number of hydroxylamine groups is 1. The van der Waals surface area contributed by atoms with Gasteiger partial charge in [-0.3, -0.25) is 10.0 Å². The van der Waals surface area contributed by atoms with Gasteiger partial charge in [-0.15, -0.1) is 15.3 Å². The van der Waals surface area contributed by atoms with Gasteiger partial charge in [0, 0.05) is 18.8 Å². The molecular weight excluding hydrogens is 354 g/mol. The van der Waals surface area contributed by atoms with Crippen LogP contribution in [0, 0.1) is 11.6 Å². The molecule has 0 aliphatic carbocycles. The van der Waals surface area contributed by atoms with Crippen LogP contribution >= 0.6 is 11.8 Å². The van der Waals surface area contributed by atoms with Crippen LogP contribution in [0.3, 0.4) is 0 Å². The number of aromatic nitrogens is 5. The lowest BCUT2D eigenvalue weighted by molar-refractivity contribution is 0.0705. The average Bonchev–Trinajstić information content (AvgIpc) is 2.98. The van der Waals surface area contributed by atoms with E-state index in [0.29, 0.717) is 23.3 Å². The third-order valence-corrected chi connectivity index (χ3v) is 4.32. The van der Waals surface area contributed by atoms with E-state index in [1.54, 1.807) is 19.2 Å². The maximum absolute atomic E-state index is 14.2. The molecule has 0 fully saturated rings. The number of carbonyl (C=O) groups is 1. The van der Waals surface area contributed by atoms with Gasteiger partial charge in [0.05, 0.1) is 4.90 Å². The van der Waals surface area contributed by atoms with E-state index in [-0.39, 0.29) is 15.6 Å². The highest BCUT2D eigenvalue weighted by atomic mass is 32.2. The van der Waals surface area contributed by atoms with Crippen LogP contribution in [0.1, 0.15) is 10.4 Å². The zero-order valence-corrected chi connectivity index (χ0v) is 13.5. The summed E-state index contributed by atoms with van der Waals surface area (Å²) in [5.41, 5.74) is 1.43. The maximum atomic E-state index is 14.2. The highest BCUT2D eigenvalue weighted by Gasteiger charge is 2.20. The van der Waals surface area contributed by atoms with E-state index < -0.39 is 17.5 Å². The molecule has 0 aliphatic rings. The van der Waals surface area contributed by atoms with E-state index in [4.69, 9.17) is 5.21 Å². The summed E-state index contributed by atoms with van der Waals surface area (Å²) in [4.78, 5) is 10.9. The van der Waals surface area contributed by atoms with Gasteiger partial charge in [-0.05, 0) is 36.0 Å². The molecule has 3 aromatic rings.